The maximum atomic E-state index is 12.7. The lowest BCUT2D eigenvalue weighted by Gasteiger charge is -2.38. The SMILES string of the molecule is CN(CCc1ccccn1)CC1CC(c2ccc(CO)cc2)OC(c2ccc(-c3ccccc3CNC(=O)c3ccccc3)cc2)O1. The molecular formula is C40H41N3O4. The van der Waals surface area contributed by atoms with Crippen molar-refractivity contribution in [1.29, 1.82) is 0 Å². The molecule has 240 valence electrons. The fraction of sp³-hybridized carbons (Fsp3) is 0.250. The predicted molar refractivity (Wildman–Crippen MR) is 183 cm³/mol. The molecule has 2 N–H and O–H groups in total. The van der Waals surface area contributed by atoms with E-state index in [1.807, 2.05) is 91.1 Å². The molecule has 0 saturated carbocycles. The van der Waals surface area contributed by atoms with Gasteiger partial charge in [0.1, 0.15) is 0 Å². The average molecular weight is 628 g/mol. The maximum absolute atomic E-state index is 12.7. The first kappa shape index (κ1) is 32.3. The maximum Gasteiger partial charge on any atom is 0.251 e. The van der Waals surface area contributed by atoms with Crippen LogP contribution in [0.2, 0.25) is 0 Å². The highest BCUT2D eigenvalue weighted by molar-refractivity contribution is 5.94. The quantitative estimate of drug-likeness (QED) is 0.157. The van der Waals surface area contributed by atoms with Crippen LogP contribution >= 0.6 is 0 Å². The van der Waals surface area contributed by atoms with Crippen molar-refractivity contribution in [3.8, 4) is 11.1 Å². The van der Waals surface area contributed by atoms with Gasteiger partial charge in [0.15, 0.2) is 6.29 Å². The number of nitrogens with zero attached hydrogens (tertiary/aromatic N) is 2. The number of aromatic nitrogens is 1. The molecule has 7 heteroatoms. The van der Waals surface area contributed by atoms with Gasteiger partial charge in [-0.1, -0.05) is 97.1 Å². The van der Waals surface area contributed by atoms with Gasteiger partial charge < -0.3 is 24.8 Å². The number of nitrogens with one attached hydrogen (secondary N) is 1. The summed E-state index contributed by atoms with van der Waals surface area (Å²) in [6.07, 6.45) is 2.71. The lowest BCUT2D eigenvalue weighted by Crippen LogP contribution is -2.38. The fourth-order valence-electron chi connectivity index (χ4n) is 5.97. The Morgan fingerprint density at radius 2 is 1.57 bits per heavy atom. The molecule has 3 atom stereocenters. The minimum Gasteiger partial charge on any atom is -0.392 e. The molecule has 1 aliphatic heterocycles. The Bertz CT molecular complexity index is 1710. The molecule has 1 amide bonds. The second-order valence-electron chi connectivity index (χ2n) is 12.0. The van der Waals surface area contributed by atoms with E-state index in [0.29, 0.717) is 12.1 Å². The van der Waals surface area contributed by atoms with E-state index in [-0.39, 0.29) is 24.7 Å². The van der Waals surface area contributed by atoms with Crippen LogP contribution in [0.3, 0.4) is 0 Å². The van der Waals surface area contributed by atoms with Gasteiger partial charge in [0.05, 0.1) is 18.8 Å². The highest BCUT2D eigenvalue weighted by atomic mass is 16.7. The van der Waals surface area contributed by atoms with E-state index in [9.17, 15) is 9.90 Å². The zero-order chi connectivity index (χ0) is 32.4. The Hall–Kier alpha value is -4.66. The summed E-state index contributed by atoms with van der Waals surface area (Å²) in [5, 5.41) is 12.6. The zero-order valence-electron chi connectivity index (χ0n) is 26.7. The van der Waals surface area contributed by atoms with Gasteiger partial charge >= 0.3 is 0 Å². The molecule has 1 saturated heterocycles. The van der Waals surface area contributed by atoms with Gasteiger partial charge in [-0.15, -0.1) is 0 Å². The van der Waals surface area contributed by atoms with E-state index in [1.54, 1.807) is 0 Å². The number of amides is 1. The molecule has 1 fully saturated rings. The zero-order valence-corrected chi connectivity index (χ0v) is 26.7. The topological polar surface area (TPSA) is 83.9 Å². The Morgan fingerprint density at radius 1 is 0.851 bits per heavy atom. The molecule has 0 radical (unpaired) electrons. The van der Waals surface area contributed by atoms with Gasteiger partial charge in [0.25, 0.3) is 5.91 Å². The molecule has 2 heterocycles. The second kappa shape index (κ2) is 15.8. The van der Waals surface area contributed by atoms with Crippen LogP contribution in [0.1, 0.15) is 57.1 Å². The first-order chi connectivity index (χ1) is 23.1. The van der Waals surface area contributed by atoms with E-state index in [1.165, 1.54) is 0 Å². The van der Waals surface area contributed by atoms with Gasteiger partial charge in [-0.3, -0.25) is 9.78 Å². The third-order valence-electron chi connectivity index (χ3n) is 8.59. The average Bonchev–Trinajstić information content (AvgIpc) is 3.14. The van der Waals surface area contributed by atoms with E-state index < -0.39 is 6.29 Å². The largest absolute Gasteiger partial charge is 0.392 e. The van der Waals surface area contributed by atoms with Crippen LogP contribution in [-0.4, -0.2) is 47.1 Å². The molecular weight excluding hydrogens is 586 g/mol. The van der Waals surface area contributed by atoms with Crippen LogP contribution < -0.4 is 5.32 Å². The number of ether oxygens (including phenoxy) is 2. The highest BCUT2D eigenvalue weighted by Gasteiger charge is 2.32. The lowest BCUT2D eigenvalue weighted by molar-refractivity contribution is -0.252. The first-order valence-corrected chi connectivity index (χ1v) is 16.2. The Morgan fingerprint density at radius 3 is 2.32 bits per heavy atom. The molecule has 1 aromatic heterocycles. The number of hydrogen-bond donors (Lipinski definition) is 2. The van der Waals surface area contributed by atoms with Crippen molar-refractivity contribution in [2.75, 3.05) is 20.1 Å². The third-order valence-corrected chi connectivity index (χ3v) is 8.59. The number of benzene rings is 4. The van der Waals surface area contributed by atoms with Crippen LogP contribution in [0.25, 0.3) is 11.1 Å². The Labute approximate surface area is 276 Å². The number of likely N-dealkylation sites (N-methyl/N-ethyl adjacent to an activating group) is 1. The molecule has 0 bridgehead atoms. The summed E-state index contributed by atoms with van der Waals surface area (Å²) < 4.78 is 13.2. The first-order valence-electron chi connectivity index (χ1n) is 16.2. The van der Waals surface area contributed by atoms with Crippen molar-refractivity contribution < 1.29 is 19.4 Å². The number of carbonyl (C=O) groups is 1. The summed E-state index contributed by atoms with van der Waals surface area (Å²) in [6.45, 7) is 2.07. The third kappa shape index (κ3) is 8.58. The van der Waals surface area contributed by atoms with Crippen molar-refractivity contribution in [3.05, 3.63) is 161 Å². The van der Waals surface area contributed by atoms with Crippen molar-refractivity contribution in [1.82, 2.24) is 15.2 Å². The molecule has 0 spiro atoms. The number of rotatable bonds is 12. The van der Waals surface area contributed by atoms with Crippen molar-refractivity contribution in [3.63, 3.8) is 0 Å². The van der Waals surface area contributed by atoms with Crippen LogP contribution in [0.5, 0.6) is 0 Å². The number of aliphatic hydroxyl groups is 1. The molecule has 6 rings (SSSR count). The van der Waals surface area contributed by atoms with E-state index in [4.69, 9.17) is 9.47 Å². The van der Waals surface area contributed by atoms with Crippen LogP contribution in [0.15, 0.2) is 128 Å². The molecule has 1 aliphatic rings. The molecule has 4 aromatic carbocycles. The summed E-state index contributed by atoms with van der Waals surface area (Å²) in [4.78, 5) is 19.4. The number of hydrogen-bond acceptors (Lipinski definition) is 6. The van der Waals surface area contributed by atoms with E-state index >= 15 is 0 Å². The smallest absolute Gasteiger partial charge is 0.251 e. The van der Waals surface area contributed by atoms with Crippen molar-refractivity contribution in [2.45, 2.75) is 44.5 Å². The standard InChI is InChI=1S/C40H41N3O4/c1-43(24-22-35-12-7-8-23-41-35)27-36-25-38(31-16-14-29(28-44)15-17-31)47-40(46-36)33-20-18-30(19-21-33)37-13-6-5-11-34(37)26-42-39(45)32-9-3-2-4-10-32/h2-21,23,36,38,40,44H,22,24-28H2,1H3,(H,42,45). The lowest BCUT2D eigenvalue weighted by atomic mass is 9.97. The summed E-state index contributed by atoms with van der Waals surface area (Å²) in [6, 6.07) is 39.7. The van der Waals surface area contributed by atoms with Crippen LogP contribution in [0.4, 0.5) is 0 Å². The molecule has 7 nitrogen and oxygen atoms in total. The fourth-order valence-corrected chi connectivity index (χ4v) is 5.97. The molecule has 0 aliphatic carbocycles. The van der Waals surface area contributed by atoms with Crippen molar-refractivity contribution in [2.24, 2.45) is 0 Å². The molecule has 47 heavy (non-hydrogen) atoms. The van der Waals surface area contributed by atoms with Gasteiger partial charge in [-0.05, 0) is 59.1 Å². The van der Waals surface area contributed by atoms with Gasteiger partial charge in [-0.2, -0.15) is 0 Å². The van der Waals surface area contributed by atoms with Crippen LogP contribution in [-0.2, 0) is 29.0 Å². The summed E-state index contributed by atoms with van der Waals surface area (Å²) >= 11 is 0. The Balaban J connectivity index is 1.16. The van der Waals surface area contributed by atoms with Gasteiger partial charge in [0, 0.05) is 55.5 Å². The van der Waals surface area contributed by atoms with E-state index in [2.05, 4.69) is 58.6 Å². The van der Waals surface area contributed by atoms with Gasteiger partial charge in [-0.25, -0.2) is 0 Å². The Kier molecular flexibility index (Phi) is 10.8. The monoisotopic (exact) mass is 627 g/mol. The van der Waals surface area contributed by atoms with Crippen LogP contribution in [0, 0.1) is 0 Å². The normalized spacial score (nSPS) is 17.8. The molecule has 5 aromatic rings. The van der Waals surface area contributed by atoms with E-state index in [0.717, 1.165) is 65.0 Å². The minimum absolute atomic E-state index is 0.0100. The number of pyridine rings is 1. The predicted octanol–water partition coefficient (Wildman–Crippen LogP) is 6.89. The second-order valence-corrected chi connectivity index (χ2v) is 12.0. The number of carbonyl (C=O) groups excluding carboxylic acids is 1. The summed E-state index contributed by atoms with van der Waals surface area (Å²) in [5.74, 6) is -0.0974. The van der Waals surface area contributed by atoms with Crippen molar-refractivity contribution >= 4 is 5.91 Å². The number of aliphatic hydroxyl groups excluding tert-OH is 1. The minimum atomic E-state index is -0.532. The van der Waals surface area contributed by atoms with Gasteiger partial charge in [0.2, 0.25) is 0 Å². The molecule has 3 unspecified atom stereocenters. The highest BCUT2D eigenvalue weighted by Crippen LogP contribution is 2.38. The summed E-state index contributed by atoms with van der Waals surface area (Å²) in [5.41, 5.74) is 7.76. The summed E-state index contributed by atoms with van der Waals surface area (Å²) in [7, 11) is 2.12.